The minimum atomic E-state index is -3.61. The van der Waals surface area contributed by atoms with Gasteiger partial charge in [0.05, 0.1) is 5.69 Å². The number of rotatable bonds is 7. The summed E-state index contributed by atoms with van der Waals surface area (Å²) in [4.78, 5) is 4.40. The van der Waals surface area contributed by atoms with Crippen LogP contribution in [0, 0.1) is 5.92 Å². The molecule has 0 aliphatic rings. The van der Waals surface area contributed by atoms with Crippen LogP contribution in [0.3, 0.4) is 0 Å². The fourth-order valence-electron chi connectivity index (χ4n) is 2.16. The molecular weight excluding hydrogens is 310 g/mol. The lowest BCUT2D eigenvalue weighted by molar-refractivity contribution is 0.591. The highest BCUT2D eigenvalue weighted by Crippen LogP contribution is 2.23. The van der Waals surface area contributed by atoms with Gasteiger partial charge in [0, 0.05) is 19.3 Å². The summed E-state index contributed by atoms with van der Waals surface area (Å²) in [5.41, 5.74) is 0.650. The summed E-state index contributed by atoms with van der Waals surface area (Å²) < 4.78 is 27.0. The quantitative estimate of drug-likeness (QED) is 0.844. The summed E-state index contributed by atoms with van der Waals surface area (Å²) in [6.45, 7) is 7.18. The number of sulfonamides is 1. The van der Waals surface area contributed by atoms with E-state index in [1.807, 2.05) is 25.1 Å². The molecule has 0 fully saturated rings. The SMILES string of the molecule is CCN(c1ccccc1)S(=O)(=O)c1ccc(NCC(C)C)nc1. The van der Waals surface area contributed by atoms with Crippen LogP contribution in [0.4, 0.5) is 11.5 Å². The number of para-hydroxylation sites is 1. The number of nitrogens with zero attached hydrogens (tertiary/aromatic N) is 2. The molecule has 2 rings (SSSR count). The van der Waals surface area contributed by atoms with E-state index in [0.717, 1.165) is 6.54 Å². The Morgan fingerprint density at radius 1 is 1.13 bits per heavy atom. The molecule has 0 atom stereocenters. The van der Waals surface area contributed by atoms with Gasteiger partial charge in [0.15, 0.2) is 0 Å². The fraction of sp³-hybridized carbons (Fsp3) is 0.353. The Balaban J connectivity index is 2.24. The molecule has 0 aliphatic carbocycles. The van der Waals surface area contributed by atoms with Crippen LogP contribution >= 0.6 is 0 Å². The number of anilines is 2. The lowest BCUT2D eigenvalue weighted by Crippen LogP contribution is -2.30. The number of hydrogen-bond acceptors (Lipinski definition) is 4. The lowest BCUT2D eigenvalue weighted by atomic mass is 10.2. The van der Waals surface area contributed by atoms with Gasteiger partial charge >= 0.3 is 0 Å². The normalized spacial score (nSPS) is 11.5. The largest absolute Gasteiger partial charge is 0.370 e. The minimum absolute atomic E-state index is 0.193. The van der Waals surface area contributed by atoms with Crippen molar-refractivity contribution in [2.45, 2.75) is 25.7 Å². The number of benzene rings is 1. The third-order valence-corrected chi connectivity index (χ3v) is 5.23. The maximum absolute atomic E-state index is 12.8. The second kappa shape index (κ2) is 7.46. The average molecular weight is 333 g/mol. The number of hydrogen-bond donors (Lipinski definition) is 1. The monoisotopic (exact) mass is 333 g/mol. The number of aromatic nitrogens is 1. The van der Waals surface area contributed by atoms with Crippen LogP contribution in [-0.4, -0.2) is 26.5 Å². The highest BCUT2D eigenvalue weighted by atomic mass is 32.2. The van der Waals surface area contributed by atoms with E-state index < -0.39 is 10.0 Å². The molecular formula is C17H23N3O2S. The molecule has 0 radical (unpaired) electrons. The zero-order chi connectivity index (χ0) is 16.9. The van der Waals surface area contributed by atoms with Crippen molar-refractivity contribution in [1.29, 1.82) is 0 Å². The lowest BCUT2D eigenvalue weighted by Gasteiger charge is -2.22. The summed E-state index contributed by atoms with van der Waals surface area (Å²) in [5, 5.41) is 3.18. The summed E-state index contributed by atoms with van der Waals surface area (Å²) in [5.74, 6) is 1.18. The van der Waals surface area contributed by atoms with Gasteiger partial charge in [-0.2, -0.15) is 0 Å². The van der Waals surface area contributed by atoms with Crippen molar-refractivity contribution < 1.29 is 8.42 Å². The van der Waals surface area contributed by atoms with E-state index >= 15 is 0 Å². The van der Waals surface area contributed by atoms with Gasteiger partial charge in [0.2, 0.25) is 0 Å². The Hall–Kier alpha value is -2.08. The Labute approximate surface area is 138 Å². The van der Waals surface area contributed by atoms with Crippen LogP contribution < -0.4 is 9.62 Å². The number of nitrogens with one attached hydrogen (secondary N) is 1. The Morgan fingerprint density at radius 2 is 1.83 bits per heavy atom. The molecule has 0 aliphatic heterocycles. The van der Waals surface area contributed by atoms with Crippen molar-refractivity contribution in [3.63, 3.8) is 0 Å². The van der Waals surface area contributed by atoms with E-state index in [1.54, 1.807) is 24.3 Å². The molecule has 0 bridgehead atoms. The van der Waals surface area contributed by atoms with Crippen LogP contribution in [0.15, 0.2) is 53.6 Å². The van der Waals surface area contributed by atoms with Crippen LogP contribution in [0.1, 0.15) is 20.8 Å². The van der Waals surface area contributed by atoms with Crippen molar-refractivity contribution >= 4 is 21.5 Å². The molecule has 0 spiro atoms. The molecule has 1 heterocycles. The topological polar surface area (TPSA) is 62.3 Å². The summed E-state index contributed by atoms with van der Waals surface area (Å²) in [6.07, 6.45) is 1.41. The first-order valence-corrected chi connectivity index (χ1v) is 9.17. The highest BCUT2D eigenvalue weighted by molar-refractivity contribution is 7.92. The zero-order valence-electron chi connectivity index (χ0n) is 13.7. The Bertz CT molecular complexity index is 713. The summed E-state index contributed by atoms with van der Waals surface area (Å²) in [6, 6.07) is 12.4. The zero-order valence-corrected chi connectivity index (χ0v) is 14.5. The van der Waals surface area contributed by atoms with Crippen molar-refractivity contribution in [1.82, 2.24) is 4.98 Å². The van der Waals surface area contributed by atoms with Gasteiger partial charge in [-0.25, -0.2) is 13.4 Å². The molecule has 1 aromatic carbocycles. The minimum Gasteiger partial charge on any atom is -0.370 e. The maximum atomic E-state index is 12.8. The smallest absolute Gasteiger partial charge is 0.265 e. The molecule has 0 unspecified atom stereocenters. The van der Waals surface area contributed by atoms with Crippen molar-refractivity contribution in [3.05, 3.63) is 48.7 Å². The second-order valence-corrected chi connectivity index (χ2v) is 7.52. The third-order valence-electron chi connectivity index (χ3n) is 3.35. The van der Waals surface area contributed by atoms with Crippen LogP contribution in [-0.2, 0) is 10.0 Å². The molecule has 1 N–H and O–H groups in total. The summed E-state index contributed by atoms with van der Waals surface area (Å²) >= 11 is 0. The molecule has 23 heavy (non-hydrogen) atoms. The van der Waals surface area contributed by atoms with Crippen LogP contribution in [0.5, 0.6) is 0 Å². The van der Waals surface area contributed by atoms with Gasteiger partial charge in [0.1, 0.15) is 10.7 Å². The highest BCUT2D eigenvalue weighted by Gasteiger charge is 2.23. The first-order valence-electron chi connectivity index (χ1n) is 7.73. The molecule has 5 nitrogen and oxygen atoms in total. The fourth-order valence-corrected chi connectivity index (χ4v) is 3.58. The Kier molecular flexibility index (Phi) is 5.60. The van der Waals surface area contributed by atoms with E-state index in [9.17, 15) is 8.42 Å². The van der Waals surface area contributed by atoms with Crippen LogP contribution in [0.25, 0.3) is 0 Å². The van der Waals surface area contributed by atoms with Gasteiger partial charge in [0.25, 0.3) is 10.0 Å². The predicted octanol–water partition coefficient (Wildman–Crippen LogP) is 3.36. The molecule has 1 aromatic heterocycles. The van der Waals surface area contributed by atoms with Crippen molar-refractivity contribution in [2.75, 3.05) is 22.7 Å². The predicted molar refractivity (Wildman–Crippen MR) is 94.2 cm³/mol. The van der Waals surface area contributed by atoms with Gasteiger partial charge in [-0.1, -0.05) is 32.0 Å². The van der Waals surface area contributed by atoms with Gasteiger partial charge in [-0.15, -0.1) is 0 Å². The van der Waals surface area contributed by atoms with E-state index in [1.165, 1.54) is 10.5 Å². The molecule has 2 aromatic rings. The average Bonchev–Trinajstić information content (AvgIpc) is 2.55. The molecule has 0 saturated heterocycles. The van der Waals surface area contributed by atoms with E-state index in [4.69, 9.17) is 0 Å². The molecule has 6 heteroatoms. The van der Waals surface area contributed by atoms with E-state index in [-0.39, 0.29) is 4.90 Å². The second-order valence-electron chi connectivity index (χ2n) is 5.66. The van der Waals surface area contributed by atoms with Crippen molar-refractivity contribution in [2.24, 2.45) is 5.92 Å². The van der Waals surface area contributed by atoms with Gasteiger partial charge < -0.3 is 5.32 Å². The van der Waals surface area contributed by atoms with Gasteiger partial charge in [-0.05, 0) is 37.1 Å². The molecule has 124 valence electrons. The summed E-state index contributed by atoms with van der Waals surface area (Å²) in [7, 11) is -3.61. The Morgan fingerprint density at radius 3 is 2.35 bits per heavy atom. The van der Waals surface area contributed by atoms with E-state index in [0.29, 0.717) is 24.0 Å². The molecule has 0 amide bonds. The maximum Gasteiger partial charge on any atom is 0.265 e. The van der Waals surface area contributed by atoms with Crippen molar-refractivity contribution in [3.8, 4) is 0 Å². The first-order chi connectivity index (χ1) is 10.9. The number of pyridine rings is 1. The molecule has 0 saturated carbocycles. The standard InChI is InChI=1S/C17H23N3O2S/c1-4-20(15-8-6-5-7-9-15)23(21,22)16-10-11-17(19-13-16)18-12-14(2)3/h5-11,13-14H,4,12H2,1-3H3,(H,18,19). The van der Waals surface area contributed by atoms with Crippen LogP contribution in [0.2, 0.25) is 0 Å². The van der Waals surface area contributed by atoms with E-state index in [2.05, 4.69) is 24.1 Å². The third kappa shape index (κ3) is 4.22. The first kappa shape index (κ1) is 17.3. The van der Waals surface area contributed by atoms with Gasteiger partial charge in [-0.3, -0.25) is 4.31 Å².